The molecule has 0 bridgehead atoms. The Kier molecular flexibility index (Phi) is 4.83. The quantitative estimate of drug-likeness (QED) is 0.277. The Bertz CT molecular complexity index is 1310. The Morgan fingerprint density at radius 2 is 1.33 bits per heavy atom. The van der Waals surface area contributed by atoms with E-state index in [4.69, 9.17) is 5.73 Å². The van der Waals surface area contributed by atoms with Crippen LogP contribution in [-0.2, 0) is 16.6 Å². The summed E-state index contributed by atoms with van der Waals surface area (Å²) in [5, 5.41) is 8.83. The number of amides is 2. The van der Waals surface area contributed by atoms with E-state index in [1.807, 2.05) is 67.7 Å². The number of aryl methyl sites for hydroxylation is 1. The number of rotatable bonds is 3. The zero-order chi connectivity index (χ0) is 21.4. The average Bonchev–Trinajstić information content (AvgIpc) is 2.68. The van der Waals surface area contributed by atoms with Gasteiger partial charge in [-0.15, -0.1) is 0 Å². The SMILES string of the molecule is CC(=O)Nc1ccc2c(c1)c(-c1ccc(N)cc1)[n+](C)c1cc(NC(C)=O)ccc21. The van der Waals surface area contributed by atoms with E-state index < -0.39 is 0 Å². The van der Waals surface area contributed by atoms with Crippen molar-refractivity contribution in [2.45, 2.75) is 13.8 Å². The van der Waals surface area contributed by atoms with Gasteiger partial charge in [0.25, 0.3) is 0 Å². The van der Waals surface area contributed by atoms with Crippen LogP contribution in [0.5, 0.6) is 0 Å². The molecule has 3 aromatic carbocycles. The van der Waals surface area contributed by atoms with Crippen LogP contribution < -0.4 is 20.9 Å². The molecule has 0 unspecified atom stereocenters. The van der Waals surface area contributed by atoms with Gasteiger partial charge in [-0.1, -0.05) is 6.07 Å². The molecule has 4 aromatic rings. The van der Waals surface area contributed by atoms with E-state index in [2.05, 4.69) is 15.2 Å². The minimum atomic E-state index is -0.117. The monoisotopic (exact) mass is 399 g/mol. The van der Waals surface area contributed by atoms with E-state index in [0.717, 1.165) is 44.3 Å². The van der Waals surface area contributed by atoms with Gasteiger partial charge in [-0.2, -0.15) is 4.57 Å². The molecule has 6 nitrogen and oxygen atoms in total. The third kappa shape index (κ3) is 3.55. The number of benzene rings is 3. The van der Waals surface area contributed by atoms with E-state index in [1.165, 1.54) is 13.8 Å². The minimum absolute atomic E-state index is 0.114. The summed E-state index contributed by atoms with van der Waals surface area (Å²) >= 11 is 0. The van der Waals surface area contributed by atoms with Gasteiger partial charge in [-0.3, -0.25) is 9.59 Å². The number of nitrogens with two attached hydrogens (primary N) is 1. The number of pyridine rings is 1. The lowest BCUT2D eigenvalue weighted by Crippen LogP contribution is -2.32. The number of carbonyl (C=O) groups is 2. The van der Waals surface area contributed by atoms with E-state index in [0.29, 0.717) is 5.69 Å². The van der Waals surface area contributed by atoms with Crippen molar-refractivity contribution in [3.8, 4) is 11.3 Å². The minimum Gasteiger partial charge on any atom is -0.399 e. The van der Waals surface area contributed by atoms with Crippen LogP contribution in [0.25, 0.3) is 32.9 Å². The molecule has 0 saturated carbocycles. The van der Waals surface area contributed by atoms with E-state index >= 15 is 0 Å². The van der Waals surface area contributed by atoms with Gasteiger partial charge in [0.05, 0.1) is 10.8 Å². The van der Waals surface area contributed by atoms with Crippen LogP contribution in [-0.4, -0.2) is 11.8 Å². The zero-order valence-corrected chi connectivity index (χ0v) is 17.1. The van der Waals surface area contributed by atoms with Crippen LogP contribution in [0.15, 0.2) is 60.7 Å². The molecule has 150 valence electrons. The molecule has 2 amide bonds. The molecule has 0 atom stereocenters. The fourth-order valence-electron chi connectivity index (χ4n) is 3.87. The number of carbonyl (C=O) groups excluding carboxylic acids is 2. The highest BCUT2D eigenvalue weighted by Gasteiger charge is 2.21. The van der Waals surface area contributed by atoms with Crippen LogP contribution in [0.3, 0.4) is 0 Å². The maximum absolute atomic E-state index is 11.6. The van der Waals surface area contributed by atoms with Crippen LogP contribution >= 0.6 is 0 Å². The topological polar surface area (TPSA) is 88.1 Å². The number of nitrogens with zero attached hydrogens (tertiary/aromatic N) is 1. The Hall–Kier alpha value is -3.93. The summed E-state index contributed by atoms with van der Waals surface area (Å²) in [5.74, 6) is -0.231. The molecule has 0 saturated heterocycles. The van der Waals surface area contributed by atoms with Gasteiger partial charge in [-0.05, 0) is 48.5 Å². The molecule has 0 spiro atoms. The normalized spacial score (nSPS) is 10.9. The van der Waals surface area contributed by atoms with Crippen LogP contribution in [0.4, 0.5) is 17.1 Å². The summed E-state index contributed by atoms with van der Waals surface area (Å²) < 4.78 is 2.10. The molecule has 0 aliphatic carbocycles. The van der Waals surface area contributed by atoms with Crippen LogP contribution in [0.1, 0.15) is 13.8 Å². The van der Waals surface area contributed by atoms with Gasteiger partial charge in [0.1, 0.15) is 7.05 Å². The molecule has 30 heavy (non-hydrogen) atoms. The Balaban J connectivity index is 2.08. The largest absolute Gasteiger partial charge is 0.399 e. The highest BCUT2D eigenvalue weighted by molar-refractivity contribution is 6.11. The number of nitrogens with one attached hydrogen (secondary N) is 2. The van der Waals surface area contributed by atoms with Crippen molar-refractivity contribution in [2.24, 2.45) is 7.05 Å². The number of aromatic nitrogens is 1. The maximum Gasteiger partial charge on any atom is 0.221 e. The zero-order valence-electron chi connectivity index (χ0n) is 17.1. The second-order valence-electron chi connectivity index (χ2n) is 7.38. The predicted octanol–water partition coefficient (Wildman–Crippen LogP) is 3.98. The number of anilines is 3. The van der Waals surface area contributed by atoms with Crippen molar-refractivity contribution in [1.29, 1.82) is 0 Å². The molecular formula is C24H23N4O2+. The molecule has 0 radical (unpaired) electrons. The van der Waals surface area contributed by atoms with Gasteiger partial charge < -0.3 is 16.4 Å². The lowest BCUT2D eigenvalue weighted by molar-refractivity contribution is -0.632. The lowest BCUT2D eigenvalue weighted by atomic mass is 9.98. The standard InChI is InChI=1S/C24H22N4O2/c1-14(29)26-18-8-10-20-21-11-9-19(27-15(2)30)13-23(21)28(3)24(22(20)12-18)16-4-6-17(25)7-5-16/h4-13H,1-3H3,(H3,25,26,27,29,30)/p+1. The summed E-state index contributed by atoms with van der Waals surface area (Å²) in [4.78, 5) is 23.1. The third-order valence-corrected chi connectivity index (χ3v) is 5.08. The second kappa shape index (κ2) is 7.48. The molecule has 0 aliphatic heterocycles. The Morgan fingerprint density at radius 3 is 1.93 bits per heavy atom. The Labute approximate surface area is 174 Å². The van der Waals surface area contributed by atoms with Gasteiger partial charge in [0, 0.05) is 47.9 Å². The van der Waals surface area contributed by atoms with Crippen LogP contribution in [0.2, 0.25) is 0 Å². The number of hydrogen-bond donors (Lipinski definition) is 3. The van der Waals surface area contributed by atoms with Crippen molar-refractivity contribution in [3.63, 3.8) is 0 Å². The number of hydrogen-bond acceptors (Lipinski definition) is 3. The third-order valence-electron chi connectivity index (χ3n) is 5.08. The fraction of sp³-hybridized carbons (Fsp3) is 0.125. The van der Waals surface area contributed by atoms with Gasteiger partial charge in [0.15, 0.2) is 0 Å². The molecule has 0 fully saturated rings. The summed E-state index contributed by atoms with van der Waals surface area (Å²) in [7, 11) is 2.00. The average molecular weight is 399 g/mol. The maximum atomic E-state index is 11.6. The number of nitrogen functional groups attached to an aromatic ring is 1. The summed E-state index contributed by atoms with van der Waals surface area (Å²) in [6, 6.07) is 19.5. The van der Waals surface area contributed by atoms with Crippen molar-refractivity contribution in [3.05, 3.63) is 60.7 Å². The molecule has 1 aromatic heterocycles. The first-order valence-electron chi connectivity index (χ1n) is 9.64. The highest BCUT2D eigenvalue weighted by atomic mass is 16.2. The lowest BCUT2D eigenvalue weighted by Gasteiger charge is -2.12. The molecule has 4 rings (SSSR count). The van der Waals surface area contributed by atoms with Gasteiger partial charge in [0.2, 0.25) is 23.0 Å². The van der Waals surface area contributed by atoms with E-state index in [1.54, 1.807) is 0 Å². The molecule has 6 heteroatoms. The van der Waals surface area contributed by atoms with Crippen molar-refractivity contribution < 1.29 is 14.2 Å². The van der Waals surface area contributed by atoms with Crippen molar-refractivity contribution >= 4 is 50.6 Å². The summed E-state index contributed by atoms with van der Waals surface area (Å²) in [5.41, 5.74) is 11.0. The predicted molar refractivity (Wildman–Crippen MR) is 121 cm³/mol. The molecular weight excluding hydrogens is 376 g/mol. The fourth-order valence-corrected chi connectivity index (χ4v) is 3.87. The highest BCUT2D eigenvalue weighted by Crippen LogP contribution is 2.34. The van der Waals surface area contributed by atoms with Gasteiger partial charge in [-0.25, -0.2) is 0 Å². The first kappa shape index (κ1) is 19.4. The van der Waals surface area contributed by atoms with Crippen molar-refractivity contribution in [1.82, 2.24) is 0 Å². The second-order valence-corrected chi connectivity index (χ2v) is 7.38. The van der Waals surface area contributed by atoms with E-state index in [9.17, 15) is 9.59 Å². The first-order valence-corrected chi connectivity index (χ1v) is 9.64. The van der Waals surface area contributed by atoms with Crippen LogP contribution in [0, 0.1) is 0 Å². The molecule has 4 N–H and O–H groups in total. The molecule has 0 aliphatic rings. The first-order chi connectivity index (χ1) is 14.3. The molecule has 1 heterocycles. The smallest absolute Gasteiger partial charge is 0.221 e. The van der Waals surface area contributed by atoms with Crippen molar-refractivity contribution in [2.75, 3.05) is 16.4 Å². The number of fused-ring (bicyclic) bond motifs is 3. The summed E-state index contributed by atoms with van der Waals surface area (Å²) in [6.07, 6.45) is 0. The van der Waals surface area contributed by atoms with Gasteiger partial charge >= 0.3 is 0 Å². The summed E-state index contributed by atoms with van der Waals surface area (Å²) in [6.45, 7) is 2.99. The Morgan fingerprint density at radius 1 is 0.767 bits per heavy atom. The van der Waals surface area contributed by atoms with E-state index in [-0.39, 0.29) is 11.8 Å².